The summed E-state index contributed by atoms with van der Waals surface area (Å²) in [5.41, 5.74) is 1.91. The highest BCUT2D eigenvalue weighted by atomic mass is 16.5. The maximum atomic E-state index is 10.4. The maximum Gasteiger partial charge on any atom is 0.303 e. The minimum Gasteiger partial charge on any atom is -0.494 e. The van der Waals surface area contributed by atoms with E-state index >= 15 is 0 Å². The summed E-state index contributed by atoms with van der Waals surface area (Å²) < 4.78 is 5.43. The number of rotatable bonds is 7. The fraction of sp³-hybridized carbons (Fsp3) is 0.231. The number of aromatic amines is 1. The lowest BCUT2D eigenvalue weighted by molar-refractivity contribution is -0.137. The van der Waals surface area contributed by atoms with Crippen molar-refractivity contribution >= 4 is 12.2 Å². The molecule has 2 aromatic rings. The van der Waals surface area contributed by atoms with Gasteiger partial charge in [-0.25, -0.2) is 0 Å². The molecule has 0 aliphatic heterocycles. The Balaban J connectivity index is 1.96. The average molecular weight is 274 g/mol. The topological polar surface area (TPSA) is 112 Å². The van der Waals surface area contributed by atoms with Crippen LogP contribution in [-0.4, -0.2) is 39.3 Å². The van der Waals surface area contributed by atoms with Crippen LogP contribution >= 0.6 is 0 Å². The Labute approximate surface area is 115 Å². The van der Waals surface area contributed by atoms with Gasteiger partial charge in [-0.2, -0.15) is 15.4 Å². The van der Waals surface area contributed by atoms with Crippen molar-refractivity contribution in [3.05, 3.63) is 30.0 Å². The molecule has 0 aliphatic rings. The fourth-order valence-corrected chi connectivity index (χ4v) is 1.67. The van der Waals surface area contributed by atoms with E-state index in [9.17, 15) is 4.79 Å². The molecule has 0 atom stereocenters. The number of aromatic nitrogens is 3. The number of hydrogen-bond acceptors (Lipinski definition) is 5. The van der Waals surface area contributed by atoms with E-state index in [0.29, 0.717) is 30.2 Å². The molecule has 3 N–H and O–H groups in total. The Morgan fingerprint density at radius 2 is 2.10 bits per heavy atom. The second kappa shape index (κ2) is 6.46. The molecule has 0 saturated heterocycles. The zero-order valence-electron chi connectivity index (χ0n) is 10.7. The van der Waals surface area contributed by atoms with Gasteiger partial charge in [0.1, 0.15) is 17.1 Å². The molecule has 1 aromatic heterocycles. The van der Waals surface area contributed by atoms with Crippen molar-refractivity contribution in [3.63, 3.8) is 0 Å². The van der Waals surface area contributed by atoms with Gasteiger partial charge in [0.15, 0.2) is 0 Å². The molecule has 2 rings (SSSR count). The van der Waals surface area contributed by atoms with Gasteiger partial charge in [0.25, 0.3) is 0 Å². The monoisotopic (exact) mass is 274 g/mol. The number of H-pyrrole nitrogens is 1. The lowest BCUT2D eigenvalue weighted by Crippen LogP contribution is -2.01. The van der Waals surface area contributed by atoms with Crippen LogP contribution < -0.4 is 4.74 Å². The van der Waals surface area contributed by atoms with Crippen LogP contribution in [0, 0.1) is 5.41 Å². The van der Waals surface area contributed by atoms with Gasteiger partial charge in [0.05, 0.1) is 6.61 Å². The molecular weight excluding hydrogens is 260 g/mol. The quantitative estimate of drug-likeness (QED) is 0.525. The van der Waals surface area contributed by atoms with E-state index in [-0.39, 0.29) is 6.42 Å². The minimum atomic E-state index is -0.825. The lowest BCUT2D eigenvalue weighted by atomic mass is 10.1. The first-order valence-corrected chi connectivity index (χ1v) is 6.07. The molecule has 0 aliphatic carbocycles. The normalized spacial score (nSPS) is 10.2. The molecule has 7 nitrogen and oxygen atoms in total. The Kier molecular flexibility index (Phi) is 4.43. The van der Waals surface area contributed by atoms with Crippen LogP contribution in [0.25, 0.3) is 11.3 Å². The lowest BCUT2D eigenvalue weighted by Gasteiger charge is -2.05. The van der Waals surface area contributed by atoms with Gasteiger partial charge in [0, 0.05) is 18.2 Å². The Bertz CT molecular complexity index is 592. The van der Waals surface area contributed by atoms with Crippen molar-refractivity contribution in [1.82, 2.24) is 15.4 Å². The van der Waals surface area contributed by atoms with Gasteiger partial charge in [-0.15, -0.1) is 0 Å². The zero-order valence-corrected chi connectivity index (χ0v) is 10.7. The smallest absolute Gasteiger partial charge is 0.303 e. The summed E-state index contributed by atoms with van der Waals surface area (Å²) in [4.78, 5) is 10.4. The Morgan fingerprint density at radius 1 is 1.35 bits per heavy atom. The second-order valence-corrected chi connectivity index (χ2v) is 4.07. The van der Waals surface area contributed by atoms with E-state index in [1.54, 1.807) is 12.1 Å². The summed E-state index contributed by atoms with van der Waals surface area (Å²) >= 11 is 0. The first-order valence-electron chi connectivity index (χ1n) is 6.07. The van der Waals surface area contributed by atoms with E-state index in [0.717, 1.165) is 11.8 Å². The zero-order chi connectivity index (χ0) is 14.4. The number of hydrogen-bond donors (Lipinski definition) is 3. The summed E-state index contributed by atoms with van der Waals surface area (Å²) in [6.07, 6.45) is 1.70. The highest BCUT2D eigenvalue weighted by Gasteiger charge is 2.08. The standard InChI is InChI=1S/C13H14N4O3/c14-8-11-13(16-17-15-11)9-3-5-10(6-4-9)20-7-1-2-12(18)19/h3-6,8,14H,1-2,7H2,(H,18,19)(H,15,16,17). The third-order valence-electron chi connectivity index (χ3n) is 2.64. The number of carboxylic acid groups (broad SMARTS) is 1. The number of benzene rings is 1. The van der Waals surface area contributed by atoms with E-state index < -0.39 is 5.97 Å². The molecular formula is C13H14N4O3. The Morgan fingerprint density at radius 3 is 2.75 bits per heavy atom. The summed E-state index contributed by atoms with van der Waals surface area (Å²) in [7, 11) is 0. The van der Waals surface area contributed by atoms with Crippen LogP contribution in [0.1, 0.15) is 18.5 Å². The van der Waals surface area contributed by atoms with Gasteiger partial charge in [-0.1, -0.05) is 0 Å². The van der Waals surface area contributed by atoms with Crippen LogP contribution in [0.4, 0.5) is 0 Å². The van der Waals surface area contributed by atoms with E-state index in [2.05, 4.69) is 15.4 Å². The molecule has 1 heterocycles. The van der Waals surface area contributed by atoms with Crippen molar-refractivity contribution in [1.29, 1.82) is 5.41 Å². The fourth-order valence-electron chi connectivity index (χ4n) is 1.67. The summed E-state index contributed by atoms with van der Waals surface area (Å²) in [6, 6.07) is 7.19. The molecule has 0 fully saturated rings. The van der Waals surface area contributed by atoms with E-state index in [1.165, 1.54) is 0 Å². The number of nitrogens with one attached hydrogen (secondary N) is 2. The number of carbonyl (C=O) groups is 1. The summed E-state index contributed by atoms with van der Waals surface area (Å²) in [6.45, 7) is 0.362. The molecule has 20 heavy (non-hydrogen) atoms. The molecule has 0 radical (unpaired) electrons. The van der Waals surface area contributed by atoms with Gasteiger partial charge in [0.2, 0.25) is 0 Å². The van der Waals surface area contributed by atoms with Crippen molar-refractivity contribution in [2.45, 2.75) is 12.8 Å². The number of aliphatic carboxylic acids is 1. The summed E-state index contributed by atoms with van der Waals surface area (Å²) in [5.74, 6) is -0.159. The van der Waals surface area contributed by atoms with Crippen LogP contribution in [0.3, 0.4) is 0 Å². The first kappa shape index (κ1) is 13.7. The van der Waals surface area contributed by atoms with Gasteiger partial charge >= 0.3 is 5.97 Å². The van der Waals surface area contributed by atoms with Crippen molar-refractivity contribution in [2.24, 2.45) is 0 Å². The predicted octanol–water partition coefficient (Wildman–Crippen LogP) is 1.71. The van der Waals surface area contributed by atoms with Crippen LogP contribution in [0.15, 0.2) is 24.3 Å². The number of carboxylic acids is 1. The summed E-state index contributed by atoms with van der Waals surface area (Å²) in [5, 5.41) is 26.0. The average Bonchev–Trinajstić information content (AvgIpc) is 2.92. The van der Waals surface area contributed by atoms with E-state index in [1.807, 2.05) is 12.1 Å². The third kappa shape index (κ3) is 3.41. The minimum absolute atomic E-state index is 0.0969. The third-order valence-corrected chi connectivity index (χ3v) is 2.64. The SMILES string of the molecule is N=Cc1n[nH]nc1-c1ccc(OCCCC(=O)O)cc1. The highest BCUT2D eigenvalue weighted by molar-refractivity contribution is 5.84. The van der Waals surface area contributed by atoms with E-state index in [4.69, 9.17) is 15.3 Å². The van der Waals surface area contributed by atoms with Crippen LogP contribution in [0.2, 0.25) is 0 Å². The molecule has 1 aromatic carbocycles. The number of ether oxygens (including phenoxy) is 1. The number of nitrogens with zero attached hydrogens (tertiary/aromatic N) is 2. The highest BCUT2D eigenvalue weighted by Crippen LogP contribution is 2.21. The molecule has 0 saturated carbocycles. The molecule has 0 spiro atoms. The molecule has 0 amide bonds. The molecule has 0 unspecified atom stereocenters. The van der Waals surface area contributed by atoms with Crippen molar-refractivity contribution < 1.29 is 14.6 Å². The van der Waals surface area contributed by atoms with Gasteiger partial charge in [-0.05, 0) is 30.7 Å². The van der Waals surface area contributed by atoms with Crippen LogP contribution in [0.5, 0.6) is 5.75 Å². The predicted molar refractivity (Wildman–Crippen MR) is 72.1 cm³/mol. The maximum absolute atomic E-state index is 10.4. The van der Waals surface area contributed by atoms with Crippen LogP contribution in [-0.2, 0) is 4.79 Å². The van der Waals surface area contributed by atoms with Gasteiger partial charge < -0.3 is 15.3 Å². The molecule has 0 bridgehead atoms. The largest absolute Gasteiger partial charge is 0.494 e. The Hall–Kier alpha value is -2.70. The molecule has 104 valence electrons. The second-order valence-electron chi connectivity index (χ2n) is 4.07. The van der Waals surface area contributed by atoms with Crippen molar-refractivity contribution in [3.8, 4) is 17.0 Å². The van der Waals surface area contributed by atoms with Gasteiger partial charge in [-0.3, -0.25) is 4.79 Å². The molecule has 7 heteroatoms. The first-order chi connectivity index (χ1) is 9.70. The van der Waals surface area contributed by atoms with Crippen molar-refractivity contribution in [2.75, 3.05) is 6.61 Å².